The normalized spacial score (nSPS) is 10.0. The Labute approximate surface area is 88.1 Å². The molecule has 0 fully saturated rings. The standard InChI is InChI=1S/C6H12O.Sr.2H/c1-5(7)6(2,3)4;;;/h1-4H3;;;. The van der Waals surface area contributed by atoms with Crippen LogP contribution in [0.5, 0.6) is 0 Å². The van der Waals surface area contributed by atoms with E-state index in [2.05, 4.69) is 0 Å². The summed E-state index contributed by atoms with van der Waals surface area (Å²) in [5.74, 6) is 0.243. The zero-order valence-corrected chi connectivity index (χ0v) is 5.41. The molecule has 0 aromatic carbocycles. The van der Waals surface area contributed by atoms with E-state index in [1.807, 2.05) is 20.8 Å². The van der Waals surface area contributed by atoms with Crippen molar-refractivity contribution in [2.24, 2.45) is 5.41 Å². The van der Waals surface area contributed by atoms with Crippen molar-refractivity contribution in [3.05, 3.63) is 0 Å². The summed E-state index contributed by atoms with van der Waals surface area (Å²) in [5, 5.41) is 0. The molecule has 46 valence electrons. The van der Waals surface area contributed by atoms with E-state index in [1.165, 1.54) is 0 Å². The number of ketones is 1. The molecule has 0 bridgehead atoms. The molecule has 0 aliphatic carbocycles. The summed E-state index contributed by atoms with van der Waals surface area (Å²) in [7, 11) is 0. The second-order valence-corrected chi connectivity index (χ2v) is 2.81. The van der Waals surface area contributed by atoms with E-state index in [0.717, 1.165) is 0 Å². The molecule has 0 aromatic rings. The number of hydrogen-bond donors (Lipinski definition) is 0. The monoisotopic (exact) mass is 190 g/mol. The predicted octanol–water partition coefficient (Wildman–Crippen LogP) is 0.705. The van der Waals surface area contributed by atoms with E-state index in [4.69, 9.17) is 0 Å². The van der Waals surface area contributed by atoms with E-state index in [1.54, 1.807) is 6.92 Å². The van der Waals surface area contributed by atoms with Crippen LogP contribution in [-0.4, -0.2) is 51.3 Å². The SMILES string of the molecule is CC(=O)C(C)(C)C.[SrH2]. The Morgan fingerprint density at radius 2 is 1.38 bits per heavy atom. The minimum absolute atomic E-state index is 0. The summed E-state index contributed by atoms with van der Waals surface area (Å²) in [5.41, 5.74) is -0.139. The predicted molar refractivity (Wildman–Crippen MR) is 38.7 cm³/mol. The molecule has 0 unspecified atom stereocenters. The Morgan fingerprint density at radius 3 is 1.38 bits per heavy atom. The number of Topliss-reactive ketones (excluding diaryl/α,β-unsaturated/α-hetero) is 1. The van der Waals surface area contributed by atoms with Crippen molar-refractivity contribution in [2.45, 2.75) is 27.7 Å². The quantitative estimate of drug-likeness (QED) is 0.513. The zero-order valence-electron chi connectivity index (χ0n) is 5.41. The fourth-order valence-corrected chi connectivity index (χ4v) is 0. The first-order chi connectivity index (χ1) is 2.94. The molecule has 0 rings (SSSR count). The molecule has 0 aromatic heterocycles. The molecule has 0 spiro atoms. The number of carbonyl (C=O) groups is 1. The molecule has 0 amide bonds. The van der Waals surface area contributed by atoms with E-state index in [-0.39, 0.29) is 56.7 Å². The third kappa shape index (κ3) is 5.29. The van der Waals surface area contributed by atoms with Gasteiger partial charge in [0, 0.05) is 5.41 Å². The fraction of sp³-hybridized carbons (Fsp3) is 0.833. The summed E-state index contributed by atoms with van der Waals surface area (Å²) >= 11 is 0. The van der Waals surface area contributed by atoms with Gasteiger partial charge in [-0.2, -0.15) is 0 Å². The molecule has 0 saturated carbocycles. The first-order valence-corrected chi connectivity index (χ1v) is 2.45. The van der Waals surface area contributed by atoms with E-state index >= 15 is 0 Å². The van der Waals surface area contributed by atoms with Crippen molar-refractivity contribution in [1.82, 2.24) is 0 Å². The van der Waals surface area contributed by atoms with Gasteiger partial charge in [-0.1, -0.05) is 20.8 Å². The van der Waals surface area contributed by atoms with Gasteiger partial charge in [-0.05, 0) is 6.92 Å². The first kappa shape index (κ1) is 11.9. The van der Waals surface area contributed by atoms with Crippen LogP contribution in [0.1, 0.15) is 27.7 Å². The van der Waals surface area contributed by atoms with Crippen LogP contribution in [-0.2, 0) is 4.79 Å². The molecular weight excluding hydrogens is 176 g/mol. The molecule has 0 N–H and O–H groups in total. The Hall–Kier alpha value is 1.15. The van der Waals surface area contributed by atoms with Crippen molar-refractivity contribution in [2.75, 3.05) is 0 Å². The second kappa shape index (κ2) is 4.04. The number of carbonyl (C=O) groups excluding carboxylic acids is 1. The van der Waals surface area contributed by atoms with Gasteiger partial charge in [0.05, 0.1) is 0 Å². The van der Waals surface area contributed by atoms with Crippen molar-refractivity contribution in [3.63, 3.8) is 0 Å². The molecule has 2 heteroatoms. The van der Waals surface area contributed by atoms with Gasteiger partial charge in [0.2, 0.25) is 0 Å². The van der Waals surface area contributed by atoms with E-state index < -0.39 is 0 Å². The van der Waals surface area contributed by atoms with Gasteiger partial charge in [0.1, 0.15) is 5.78 Å². The van der Waals surface area contributed by atoms with Crippen LogP contribution in [0.4, 0.5) is 0 Å². The summed E-state index contributed by atoms with van der Waals surface area (Å²) in [6, 6.07) is 0. The molecule has 8 heavy (non-hydrogen) atoms. The average molecular weight is 190 g/mol. The van der Waals surface area contributed by atoms with Gasteiger partial charge >= 0.3 is 45.5 Å². The van der Waals surface area contributed by atoms with Crippen LogP contribution in [0.15, 0.2) is 0 Å². The van der Waals surface area contributed by atoms with Gasteiger partial charge in [-0.15, -0.1) is 0 Å². The first-order valence-electron chi connectivity index (χ1n) is 2.45. The van der Waals surface area contributed by atoms with Gasteiger partial charge in [-0.3, -0.25) is 4.79 Å². The number of rotatable bonds is 0. The molecule has 1 nitrogen and oxygen atoms in total. The topological polar surface area (TPSA) is 17.1 Å². The van der Waals surface area contributed by atoms with Crippen LogP contribution >= 0.6 is 0 Å². The minimum atomic E-state index is -0.139. The van der Waals surface area contributed by atoms with Gasteiger partial charge < -0.3 is 0 Å². The van der Waals surface area contributed by atoms with Gasteiger partial charge in [0.25, 0.3) is 0 Å². The van der Waals surface area contributed by atoms with E-state index in [9.17, 15) is 4.79 Å². The Kier molecular flexibility index (Phi) is 6.01. The summed E-state index contributed by atoms with van der Waals surface area (Å²) in [4.78, 5) is 10.5. The summed E-state index contributed by atoms with van der Waals surface area (Å²) in [6.45, 7) is 7.35. The van der Waals surface area contributed by atoms with E-state index in [0.29, 0.717) is 0 Å². The van der Waals surface area contributed by atoms with Gasteiger partial charge in [-0.25, -0.2) is 0 Å². The Bertz CT molecular complexity index is 81.0. The molecule has 0 saturated heterocycles. The van der Waals surface area contributed by atoms with Crippen LogP contribution in [0.2, 0.25) is 0 Å². The Morgan fingerprint density at radius 1 is 1.25 bits per heavy atom. The fourth-order valence-electron chi connectivity index (χ4n) is 0. The van der Waals surface area contributed by atoms with Crippen molar-refractivity contribution < 1.29 is 4.79 Å². The summed E-state index contributed by atoms with van der Waals surface area (Å²) < 4.78 is 0. The number of hydrogen-bond acceptors (Lipinski definition) is 1. The molecule has 0 aliphatic rings. The second-order valence-electron chi connectivity index (χ2n) is 2.81. The average Bonchev–Trinajstić information content (AvgIpc) is 1.31. The van der Waals surface area contributed by atoms with Crippen molar-refractivity contribution in [3.8, 4) is 0 Å². The molecule has 0 aliphatic heterocycles. The molecular formula is C6H14OSr. The zero-order chi connectivity index (χ0) is 6.08. The third-order valence-corrected chi connectivity index (χ3v) is 1.06. The van der Waals surface area contributed by atoms with Crippen molar-refractivity contribution in [1.29, 1.82) is 0 Å². The van der Waals surface area contributed by atoms with Gasteiger partial charge in [0.15, 0.2) is 0 Å². The van der Waals surface area contributed by atoms with Crippen LogP contribution < -0.4 is 0 Å². The molecule has 0 heterocycles. The van der Waals surface area contributed by atoms with Crippen LogP contribution in [0, 0.1) is 5.41 Å². The summed E-state index contributed by atoms with van der Waals surface area (Å²) in [6.07, 6.45) is 0. The van der Waals surface area contributed by atoms with Crippen LogP contribution in [0.25, 0.3) is 0 Å². The third-order valence-electron chi connectivity index (χ3n) is 1.06. The maximum atomic E-state index is 10.5. The molecule has 0 radical (unpaired) electrons. The van der Waals surface area contributed by atoms with Crippen molar-refractivity contribution >= 4 is 51.3 Å². The maximum absolute atomic E-state index is 10.5. The Balaban J connectivity index is 0. The molecule has 0 atom stereocenters. The van der Waals surface area contributed by atoms with Crippen LogP contribution in [0.3, 0.4) is 0 Å².